The second-order valence-electron chi connectivity index (χ2n) is 5.37. The van der Waals surface area contributed by atoms with Gasteiger partial charge in [-0.2, -0.15) is 0 Å². The van der Waals surface area contributed by atoms with Crippen LogP contribution in [0.5, 0.6) is 0 Å². The van der Waals surface area contributed by atoms with Crippen molar-refractivity contribution in [2.24, 2.45) is 0 Å². The van der Waals surface area contributed by atoms with Crippen molar-refractivity contribution in [3.63, 3.8) is 0 Å². The van der Waals surface area contributed by atoms with Gasteiger partial charge in [-0.15, -0.1) is 11.6 Å². The number of pyridine rings is 1. The smallest absolute Gasteiger partial charge is 0.195 e. The lowest BCUT2D eigenvalue weighted by Gasteiger charge is -2.24. The first kappa shape index (κ1) is 16.3. The summed E-state index contributed by atoms with van der Waals surface area (Å²) in [5.41, 5.74) is 4.63. The van der Waals surface area contributed by atoms with E-state index in [0.29, 0.717) is 18.4 Å². The molecule has 0 fully saturated rings. The Morgan fingerprint density at radius 3 is 2.42 bits per heavy atom. The lowest BCUT2D eigenvalue weighted by Crippen LogP contribution is -2.40. The highest BCUT2D eigenvalue weighted by Crippen LogP contribution is 2.32. The maximum absolute atomic E-state index is 7.94. The Morgan fingerprint density at radius 1 is 1.12 bits per heavy atom. The van der Waals surface area contributed by atoms with Gasteiger partial charge in [0.1, 0.15) is 0 Å². The number of benzene rings is 2. The highest BCUT2D eigenvalue weighted by atomic mass is 35.5. The molecule has 2 aromatic rings. The maximum atomic E-state index is 7.94. The molecule has 5 heteroatoms. The Bertz CT molecular complexity index is 840. The Kier molecular flexibility index (Phi) is 4.96. The van der Waals surface area contributed by atoms with Gasteiger partial charge in [-0.05, 0) is 29.3 Å². The fourth-order valence-electron chi connectivity index (χ4n) is 2.55. The lowest BCUT2D eigenvalue weighted by molar-refractivity contribution is 0.980. The van der Waals surface area contributed by atoms with Crippen LogP contribution in [0.15, 0.2) is 60.8 Å². The molecule has 0 amide bonds. The number of nitrogens with zero attached hydrogens (tertiary/aromatic N) is 2. The number of guanidine groups is 1. The molecule has 2 aliphatic carbocycles. The van der Waals surface area contributed by atoms with E-state index >= 15 is 0 Å². The number of alkyl halides is 1. The minimum atomic E-state index is 0.314. The first-order valence-corrected chi connectivity index (χ1v) is 8.32. The zero-order chi connectivity index (χ0) is 16.9. The summed E-state index contributed by atoms with van der Waals surface area (Å²) in [5.74, 6) is 0.765. The van der Waals surface area contributed by atoms with Gasteiger partial charge in [0, 0.05) is 31.1 Å². The SMILES string of the molecule is CNC(=N)N(CCCl)c1cccc2cccnc12.c1cc2cc-2c1. The fourth-order valence-corrected chi connectivity index (χ4v) is 2.72. The van der Waals surface area contributed by atoms with Gasteiger partial charge in [-0.1, -0.05) is 36.4 Å². The molecule has 24 heavy (non-hydrogen) atoms. The molecule has 0 saturated carbocycles. The minimum Gasteiger partial charge on any atom is -0.359 e. The van der Waals surface area contributed by atoms with Crippen molar-refractivity contribution < 1.29 is 0 Å². The van der Waals surface area contributed by atoms with E-state index in [-0.39, 0.29) is 0 Å². The van der Waals surface area contributed by atoms with E-state index in [9.17, 15) is 0 Å². The molecule has 1 aromatic heterocycles. The highest BCUT2D eigenvalue weighted by Gasteiger charge is 2.13. The molecule has 2 N–H and O–H groups in total. The van der Waals surface area contributed by atoms with Crippen LogP contribution < -0.4 is 10.2 Å². The van der Waals surface area contributed by atoms with Gasteiger partial charge >= 0.3 is 0 Å². The van der Waals surface area contributed by atoms with Crippen LogP contribution >= 0.6 is 11.6 Å². The Balaban J connectivity index is 0.000000231. The molecule has 0 unspecified atom stereocenters. The number of hydrogen-bond donors (Lipinski definition) is 2. The van der Waals surface area contributed by atoms with Crippen molar-refractivity contribution >= 4 is 34.2 Å². The van der Waals surface area contributed by atoms with E-state index in [2.05, 4.69) is 34.6 Å². The molecule has 0 spiro atoms. The second-order valence-corrected chi connectivity index (χ2v) is 5.75. The Hall–Kier alpha value is -2.59. The summed E-state index contributed by atoms with van der Waals surface area (Å²) in [5, 5.41) is 11.8. The van der Waals surface area contributed by atoms with Crippen molar-refractivity contribution in [3.05, 3.63) is 60.8 Å². The summed E-state index contributed by atoms with van der Waals surface area (Å²) in [6.45, 7) is 0.566. The number of anilines is 1. The zero-order valence-corrected chi connectivity index (χ0v) is 14.2. The summed E-state index contributed by atoms with van der Waals surface area (Å²) < 4.78 is 0. The van der Waals surface area contributed by atoms with Gasteiger partial charge in [-0.25, -0.2) is 0 Å². The van der Waals surface area contributed by atoms with E-state index in [1.165, 1.54) is 11.1 Å². The molecule has 0 bridgehead atoms. The average Bonchev–Trinajstić information content (AvgIpc) is 3.24. The number of para-hydroxylation sites is 1. The quantitative estimate of drug-likeness (QED) is 0.336. The van der Waals surface area contributed by atoms with Crippen LogP contribution in [-0.2, 0) is 0 Å². The van der Waals surface area contributed by atoms with E-state index in [1.807, 2.05) is 35.2 Å². The third-order valence-corrected chi connectivity index (χ3v) is 4.00. The molecule has 0 atom stereocenters. The van der Waals surface area contributed by atoms with Crippen LogP contribution in [0, 0.1) is 5.41 Å². The first-order chi connectivity index (χ1) is 11.7. The summed E-state index contributed by atoms with van der Waals surface area (Å²) in [6, 6.07) is 18.3. The minimum absolute atomic E-state index is 0.314. The predicted octanol–water partition coefficient (Wildman–Crippen LogP) is 4.10. The van der Waals surface area contributed by atoms with Crippen LogP contribution in [0.4, 0.5) is 5.69 Å². The van der Waals surface area contributed by atoms with Gasteiger partial charge in [0.15, 0.2) is 5.96 Å². The third-order valence-electron chi connectivity index (χ3n) is 3.83. The molecule has 4 nitrogen and oxygen atoms in total. The number of aromatic nitrogens is 1. The molecule has 0 saturated heterocycles. The van der Waals surface area contributed by atoms with Crippen molar-refractivity contribution in [1.82, 2.24) is 10.3 Å². The van der Waals surface area contributed by atoms with Crippen molar-refractivity contribution in [3.8, 4) is 11.1 Å². The van der Waals surface area contributed by atoms with E-state index in [0.717, 1.165) is 16.6 Å². The number of halogens is 1. The monoisotopic (exact) mass is 338 g/mol. The van der Waals surface area contributed by atoms with Gasteiger partial charge in [0.2, 0.25) is 0 Å². The lowest BCUT2D eigenvalue weighted by atomic mass is 10.2. The van der Waals surface area contributed by atoms with Gasteiger partial charge < -0.3 is 10.2 Å². The van der Waals surface area contributed by atoms with Gasteiger partial charge in [0.05, 0.1) is 11.2 Å². The van der Waals surface area contributed by atoms with Crippen LogP contribution in [0.1, 0.15) is 0 Å². The number of hydrogen-bond acceptors (Lipinski definition) is 2. The standard InChI is InChI=1S/C13H15ClN4.C6H4/c1-16-13(15)18(9-7-14)11-6-2-4-10-5-3-8-17-12(10)11;1-2-5-4-6(5)3-1/h2-6,8H,7,9H2,1H3,(H2,15,16);1-4H. The molecule has 0 radical (unpaired) electrons. The Morgan fingerprint density at radius 2 is 1.83 bits per heavy atom. The largest absolute Gasteiger partial charge is 0.359 e. The number of fused-ring (bicyclic) bond motifs is 2. The van der Waals surface area contributed by atoms with Crippen LogP contribution in [0.25, 0.3) is 22.0 Å². The molecule has 4 rings (SSSR count). The third kappa shape index (κ3) is 3.49. The van der Waals surface area contributed by atoms with Crippen LogP contribution in [0.2, 0.25) is 0 Å². The molecule has 1 heterocycles. The molecule has 0 aliphatic heterocycles. The van der Waals surface area contributed by atoms with Crippen LogP contribution in [0.3, 0.4) is 0 Å². The maximum Gasteiger partial charge on any atom is 0.195 e. The Labute approximate surface area is 146 Å². The molecule has 2 aliphatic rings. The normalized spacial score (nSPS) is 10.6. The van der Waals surface area contributed by atoms with E-state index < -0.39 is 0 Å². The predicted molar refractivity (Wildman–Crippen MR) is 102 cm³/mol. The summed E-state index contributed by atoms with van der Waals surface area (Å²) in [6.07, 6.45) is 1.76. The van der Waals surface area contributed by atoms with Gasteiger partial charge in [0.25, 0.3) is 0 Å². The molecule has 122 valence electrons. The fraction of sp³-hybridized carbons (Fsp3) is 0.158. The van der Waals surface area contributed by atoms with Crippen molar-refractivity contribution in [1.29, 1.82) is 5.41 Å². The summed E-state index contributed by atoms with van der Waals surface area (Å²) >= 11 is 5.81. The average molecular weight is 339 g/mol. The van der Waals surface area contributed by atoms with Gasteiger partial charge in [-0.3, -0.25) is 10.4 Å². The summed E-state index contributed by atoms with van der Waals surface area (Å²) in [4.78, 5) is 6.21. The van der Waals surface area contributed by atoms with Crippen LogP contribution in [-0.4, -0.2) is 30.4 Å². The highest BCUT2D eigenvalue weighted by molar-refractivity contribution is 6.18. The summed E-state index contributed by atoms with van der Waals surface area (Å²) in [7, 11) is 1.72. The topological polar surface area (TPSA) is 52.0 Å². The van der Waals surface area contributed by atoms with Crippen molar-refractivity contribution in [2.45, 2.75) is 0 Å². The number of rotatable bonds is 3. The van der Waals surface area contributed by atoms with E-state index in [1.54, 1.807) is 13.2 Å². The molecule has 1 aromatic carbocycles. The molecular weight excluding hydrogens is 320 g/mol. The zero-order valence-electron chi connectivity index (χ0n) is 13.5. The number of nitrogens with one attached hydrogen (secondary N) is 2. The molecular formula is C19H19ClN4. The second kappa shape index (κ2) is 7.32. The van der Waals surface area contributed by atoms with E-state index in [4.69, 9.17) is 17.0 Å². The van der Waals surface area contributed by atoms with Crippen molar-refractivity contribution in [2.75, 3.05) is 24.4 Å². The first-order valence-electron chi connectivity index (χ1n) is 7.78.